The van der Waals surface area contributed by atoms with E-state index in [1.165, 1.54) is 0 Å². The fraction of sp³-hybridized carbons (Fsp3) is 0.238. The molecular weight excluding hydrogens is 406 g/mol. The SMILES string of the molecule is S=c1n(CN2CCOCC2)nc(-c2c[nH]c3ccccc23)n1-c1ccc(Cl)cc1. The van der Waals surface area contributed by atoms with E-state index in [4.69, 9.17) is 33.7 Å². The summed E-state index contributed by atoms with van der Waals surface area (Å²) in [4.78, 5) is 5.64. The summed E-state index contributed by atoms with van der Waals surface area (Å²) < 4.78 is 10.0. The number of halogens is 1. The van der Waals surface area contributed by atoms with E-state index >= 15 is 0 Å². The molecule has 6 nitrogen and oxygen atoms in total. The van der Waals surface area contributed by atoms with E-state index in [2.05, 4.69) is 22.0 Å². The normalized spacial score (nSPS) is 15.2. The van der Waals surface area contributed by atoms with Crippen molar-refractivity contribution in [2.45, 2.75) is 6.67 Å². The molecule has 1 aliphatic heterocycles. The highest BCUT2D eigenvalue weighted by Gasteiger charge is 2.19. The Bertz CT molecular complexity index is 1200. The van der Waals surface area contributed by atoms with Gasteiger partial charge in [0.2, 0.25) is 4.77 Å². The number of H-pyrrole nitrogens is 1. The number of para-hydroxylation sites is 1. The number of hydrogen-bond acceptors (Lipinski definition) is 4. The van der Waals surface area contributed by atoms with E-state index in [0.29, 0.717) is 16.5 Å². The lowest BCUT2D eigenvalue weighted by Gasteiger charge is -2.26. The highest BCUT2D eigenvalue weighted by Crippen LogP contribution is 2.30. The highest BCUT2D eigenvalue weighted by molar-refractivity contribution is 7.71. The predicted octanol–water partition coefficient (Wildman–Crippen LogP) is 4.49. The summed E-state index contributed by atoms with van der Waals surface area (Å²) in [5.41, 5.74) is 3.02. The molecule has 2 aromatic carbocycles. The van der Waals surface area contributed by atoms with Gasteiger partial charge in [-0.25, -0.2) is 4.68 Å². The number of fused-ring (bicyclic) bond motifs is 1. The predicted molar refractivity (Wildman–Crippen MR) is 117 cm³/mol. The van der Waals surface area contributed by atoms with Crippen LogP contribution in [0.5, 0.6) is 0 Å². The van der Waals surface area contributed by atoms with E-state index in [0.717, 1.165) is 54.3 Å². The van der Waals surface area contributed by atoms with E-state index in [1.54, 1.807) is 0 Å². The summed E-state index contributed by atoms with van der Waals surface area (Å²) in [6, 6.07) is 15.9. The molecule has 5 rings (SSSR count). The maximum absolute atomic E-state index is 6.11. The van der Waals surface area contributed by atoms with Crippen LogP contribution in [0.1, 0.15) is 0 Å². The molecule has 1 saturated heterocycles. The molecule has 29 heavy (non-hydrogen) atoms. The number of benzene rings is 2. The second-order valence-electron chi connectivity index (χ2n) is 7.04. The zero-order valence-electron chi connectivity index (χ0n) is 15.7. The first-order chi connectivity index (χ1) is 14.2. The Balaban J connectivity index is 1.66. The van der Waals surface area contributed by atoms with E-state index in [-0.39, 0.29) is 0 Å². The molecule has 0 atom stereocenters. The molecule has 0 amide bonds. The molecule has 1 N–H and O–H groups in total. The molecule has 8 heteroatoms. The fourth-order valence-corrected chi connectivity index (χ4v) is 4.10. The number of aromatic nitrogens is 4. The average Bonchev–Trinajstić information content (AvgIpc) is 3.31. The van der Waals surface area contributed by atoms with Crippen LogP contribution >= 0.6 is 23.8 Å². The van der Waals surface area contributed by atoms with Crippen LogP contribution in [-0.4, -0.2) is 50.5 Å². The third kappa shape index (κ3) is 3.51. The molecule has 0 radical (unpaired) electrons. The van der Waals surface area contributed by atoms with Crippen molar-refractivity contribution in [1.82, 2.24) is 24.2 Å². The number of nitrogens with zero attached hydrogens (tertiary/aromatic N) is 4. The van der Waals surface area contributed by atoms with Crippen LogP contribution in [0.15, 0.2) is 54.7 Å². The molecule has 0 aliphatic carbocycles. The van der Waals surface area contributed by atoms with Gasteiger partial charge in [-0.3, -0.25) is 9.47 Å². The van der Waals surface area contributed by atoms with E-state index < -0.39 is 0 Å². The van der Waals surface area contributed by atoms with E-state index in [9.17, 15) is 0 Å². The van der Waals surface area contributed by atoms with Gasteiger partial charge in [-0.1, -0.05) is 29.8 Å². The second kappa shape index (κ2) is 7.76. The van der Waals surface area contributed by atoms with E-state index in [1.807, 2.05) is 51.8 Å². The summed E-state index contributed by atoms with van der Waals surface area (Å²) >= 11 is 12.0. The van der Waals surface area contributed by atoms with Crippen molar-refractivity contribution in [1.29, 1.82) is 0 Å². The molecule has 1 aliphatic rings. The summed E-state index contributed by atoms with van der Waals surface area (Å²) in [5.74, 6) is 0.808. The Morgan fingerprint density at radius 2 is 1.83 bits per heavy atom. The summed E-state index contributed by atoms with van der Waals surface area (Å²) in [5, 5.41) is 6.74. The van der Waals surface area contributed by atoms with Crippen molar-refractivity contribution in [2.75, 3.05) is 26.3 Å². The smallest absolute Gasteiger partial charge is 0.204 e. The second-order valence-corrected chi connectivity index (χ2v) is 7.84. The Hall–Kier alpha value is -2.45. The largest absolute Gasteiger partial charge is 0.379 e. The van der Waals surface area contributed by atoms with Gasteiger partial charge in [0.05, 0.1) is 25.6 Å². The van der Waals surface area contributed by atoms with Crippen molar-refractivity contribution >= 4 is 34.7 Å². The first-order valence-corrected chi connectivity index (χ1v) is 10.3. The topological polar surface area (TPSA) is 51.0 Å². The van der Waals surface area contributed by atoms with Gasteiger partial charge >= 0.3 is 0 Å². The summed E-state index contributed by atoms with van der Waals surface area (Å²) in [6.45, 7) is 3.86. The molecule has 0 spiro atoms. The lowest BCUT2D eigenvalue weighted by Crippen LogP contribution is -2.37. The van der Waals surface area contributed by atoms with Crippen LogP contribution in [0, 0.1) is 4.77 Å². The van der Waals surface area contributed by atoms with Crippen molar-refractivity contribution in [3.8, 4) is 17.1 Å². The summed E-state index contributed by atoms with van der Waals surface area (Å²) in [6.07, 6.45) is 1.99. The quantitative estimate of drug-likeness (QED) is 0.489. The van der Waals surface area contributed by atoms with Gasteiger partial charge in [0.25, 0.3) is 0 Å². The number of nitrogens with one attached hydrogen (secondary N) is 1. The van der Waals surface area contributed by atoms with Gasteiger partial charge in [0.15, 0.2) is 5.82 Å². The molecule has 4 aromatic rings. The molecule has 3 heterocycles. The average molecular weight is 426 g/mol. The van der Waals surface area contributed by atoms with Crippen molar-refractivity contribution < 1.29 is 4.74 Å². The maximum atomic E-state index is 6.11. The van der Waals surface area contributed by atoms with Crippen LogP contribution in [-0.2, 0) is 11.4 Å². The zero-order chi connectivity index (χ0) is 19.8. The minimum absolute atomic E-state index is 0.637. The van der Waals surface area contributed by atoms with Gasteiger partial charge in [-0.15, -0.1) is 5.10 Å². The zero-order valence-corrected chi connectivity index (χ0v) is 17.3. The van der Waals surface area contributed by atoms with Gasteiger partial charge in [0.1, 0.15) is 0 Å². The molecule has 0 bridgehead atoms. The Kier molecular flexibility index (Phi) is 4.97. The molecular formula is C21H20ClN5OS. The number of aromatic amines is 1. The van der Waals surface area contributed by atoms with Gasteiger partial charge in [0, 0.05) is 40.8 Å². The van der Waals surface area contributed by atoms with Crippen molar-refractivity contribution in [2.24, 2.45) is 0 Å². The Morgan fingerprint density at radius 3 is 2.62 bits per heavy atom. The maximum Gasteiger partial charge on any atom is 0.204 e. The van der Waals surface area contributed by atoms with Crippen LogP contribution in [0.2, 0.25) is 5.02 Å². The Labute approximate surface area is 178 Å². The minimum atomic E-state index is 0.637. The molecule has 0 saturated carbocycles. The molecule has 148 valence electrons. The van der Waals surface area contributed by atoms with Crippen molar-refractivity contribution in [3.05, 3.63) is 64.5 Å². The molecule has 0 unspecified atom stereocenters. The van der Waals surface area contributed by atoms with Crippen LogP contribution < -0.4 is 0 Å². The van der Waals surface area contributed by atoms with Crippen LogP contribution in [0.3, 0.4) is 0 Å². The number of hydrogen-bond donors (Lipinski definition) is 1. The van der Waals surface area contributed by atoms with Crippen LogP contribution in [0.25, 0.3) is 28.0 Å². The lowest BCUT2D eigenvalue weighted by atomic mass is 10.1. The number of ether oxygens (including phenoxy) is 1. The van der Waals surface area contributed by atoms with Gasteiger partial charge < -0.3 is 9.72 Å². The van der Waals surface area contributed by atoms with Gasteiger partial charge in [-0.05, 0) is 42.5 Å². The third-order valence-corrected chi connectivity index (χ3v) is 5.84. The fourth-order valence-electron chi connectivity index (χ4n) is 3.69. The highest BCUT2D eigenvalue weighted by atomic mass is 35.5. The number of morpholine rings is 1. The standard InChI is InChI=1S/C21H20ClN5OS/c22-15-5-7-16(8-6-15)27-20(18-13-23-19-4-2-1-3-17(18)19)24-26(21(27)29)14-25-9-11-28-12-10-25/h1-8,13,23H,9-12,14H2. The lowest BCUT2D eigenvalue weighted by molar-refractivity contribution is 0.0210. The van der Waals surface area contributed by atoms with Crippen molar-refractivity contribution in [3.63, 3.8) is 0 Å². The first kappa shape index (κ1) is 18.6. The first-order valence-electron chi connectivity index (χ1n) is 9.53. The Morgan fingerprint density at radius 1 is 1.07 bits per heavy atom. The monoisotopic (exact) mass is 425 g/mol. The summed E-state index contributed by atoms with van der Waals surface area (Å²) in [7, 11) is 0. The molecule has 1 fully saturated rings. The third-order valence-electron chi connectivity index (χ3n) is 5.19. The molecule has 2 aromatic heterocycles. The number of rotatable bonds is 4. The van der Waals surface area contributed by atoms with Gasteiger partial charge in [-0.2, -0.15) is 0 Å². The van der Waals surface area contributed by atoms with Crippen LogP contribution in [0.4, 0.5) is 0 Å². The minimum Gasteiger partial charge on any atom is -0.379 e.